The summed E-state index contributed by atoms with van der Waals surface area (Å²) >= 11 is 7.42. The third-order valence-corrected chi connectivity index (χ3v) is 0.438. The summed E-state index contributed by atoms with van der Waals surface area (Å²) in [6.07, 6.45) is 0. The minimum Gasteiger partial charge on any atom is -0.266 e. The van der Waals surface area contributed by atoms with E-state index in [-0.39, 0.29) is 0 Å². The van der Waals surface area contributed by atoms with E-state index in [4.69, 9.17) is 11.6 Å². The van der Waals surface area contributed by atoms with E-state index in [9.17, 15) is 4.79 Å². The van der Waals surface area contributed by atoms with Crippen LogP contribution in [0.1, 0.15) is 0 Å². The zero-order valence-electron chi connectivity index (χ0n) is 2.66. The Balaban J connectivity index is 3.50. The molecule has 0 unspecified atom stereocenters. The van der Waals surface area contributed by atoms with Crippen LogP contribution in [0.2, 0.25) is 0 Å². The maximum absolute atomic E-state index is 9.61. The Bertz CT molecular complexity index is 110. The van der Waals surface area contributed by atoms with Gasteiger partial charge < -0.3 is 0 Å². The standard InChI is InChI=1S/C3BrClO/c4-2-1-3(5)6. The molecule has 0 aliphatic heterocycles. The SMILES string of the molecule is O=C(Cl)C#CBr. The Morgan fingerprint density at radius 2 is 2.33 bits per heavy atom. The first kappa shape index (κ1) is 6.00. The van der Waals surface area contributed by atoms with E-state index in [2.05, 4.69) is 20.8 Å². The second-order valence-corrected chi connectivity index (χ2v) is 1.23. The summed E-state index contributed by atoms with van der Waals surface area (Å²) in [6, 6.07) is 0. The zero-order chi connectivity index (χ0) is 4.99. The normalized spacial score (nSPS) is 5.67. The van der Waals surface area contributed by atoms with Crippen LogP contribution in [-0.4, -0.2) is 5.24 Å². The maximum Gasteiger partial charge on any atom is 0.297 e. The molecule has 0 aromatic rings. The van der Waals surface area contributed by atoms with Gasteiger partial charge in [0.1, 0.15) is 0 Å². The van der Waals surface area contributed by atoms with Crippen molar-refractivity contribution in [3.8, 4) is 10.8 Å². The molecule has 0 aromatic carbocycles. The lowest BCUT2D eigenvalue weighted by molar-refractivity contribution is -0.106. The number of hydrogen-bond donors (Lipinski definition) is 0. The van der Waals surface area contributed by atoms with Gasteiger partial charge in [0.2, 0.25) is 0 Å². The Hall–Kier alpha value is 0. The lowest BCUT2D eigenvalue weighted by atomic mass is 10.8. The summed E-state index contributed by atoms with van der Waals surface area (Å²) < 4.78 is 0. The van der Waals surface area contributed by atoms with Gasteiger partial charge in [-0.3, -0.25) is 4.79 Å². The summed E-state index contributed by atoms with van der Waals surface area (Å²) in [5.74, 6) is 2.00. The van der Waals surface area contributed by atoms with E-state index in [1.165, 1.54) is 0 Å². The van der Waals surface area contributed by atoms with E-state index < -0.39 is 5.24 Å². The highest BCUT2D eigenvalue weighted by molar-refractivity contribution is 9.12. The van der Waals surface area contributed by atoms with Crippen molar-refractivity contribution in [1.29, 1.82) is 0 Å². The molecule has 0 spiro atoms. The summed E-state index contributed by atoms with van der Waals surface area (Å²) in [7, 11) is 0. The molecule has 0 aliphatic rings. The van der Waals surface area contributed by atoms with Crippen molar-refractivity contribution < 1.29 is 4.79 Å². The van der Waals surface area contributed by atoms with Gasteiger partial charge in [-0.25, -0.2) is 0 Å². The quantitative estimate of drug-likeness (QED) is 0.390. The van der Waals surface area contributed by atoms with Gasteiger partial charge >= 0.3 is 0 Å². The molecule has 6 heavy (non-hydrogen) atoms. The predicted molar refractivity (Wildman–Crippen MR) is 27.6 cm³/mol. The van der Waals surface area contributed by atoms with Gasteiger partial charge in [-0.05, 0) is 16.4 Å². The van der Waals surface area contributed by atoms with Gasteiger partial charge in [-0.15, -0.1) is 0 Å². The molecule has 0 saturated heterocycles. The van der Waals surface area contributed by atoms with Gasteiger partial charge in [0.05, 0.1) is 0 Å². The lowest BCUT2D eigenvalue weighted by Gasteiger charge is -1.57. The topological polar surface area (TPSA) is 17.1 Å². The number of hydrogen-bond acceptors (Lipinski definition) is 1. The van der Waals surface area contributed by atoms with Crippen molar-refractivity contribution in [2.45, 2.75) is 0 Å². The monoisotopic (exact) mass is 166 g/mol. The van der Waals surface area contributed by atoms with Crippen LogP contribution in [0.4, 0.5) is 0 Å². The fourth-order valence-electron chi connectivity index (χ4n) is 0.0371. The van der Waals surface area contributed by atoms with Crippen LogP contribution in [0.25, 0.3) is 0 Å². The second-order valence-electron chi connectivity index (χ2n) is 0.493. The lowest BCUT2D eigenvalue weighted by Crippen LogP contribution is -1.70. The van der Waals surface area contributed by atoms with Crippen molar-refractivity contribution in [3.63, 3.8) is 0 Å². The fraction of sp³-hybridized carbons (Fsp3) is 0. The van der Waals surface area contributed by atoms with Gasteiger partial charge in [0.25, 0.3) is 5.24 Å². The number of rotatable bonds is 0. The van der Waals surface area contributed by atoms with Gasteiger partial charge in [0.15, 0.2) is 0 Å². The van der Waals surface area contributed by atoms with Crippen LogP contribution in [0.15, 0.2) is 0 Å². The smallest absolute Gasteiger partial charge is 0.266 e. The molecular formula is C3BrClO. The summed E-state index contributed by atoms with van der Waals surface area (Å²) in [6.45, 7) is 0. The summed E-state index contributed by atoms with van der Waals surface area (Å²) in [5.41, 5.74) is 0. The molecule has 0 atom stereocenters. The summed E-state index contributed by atoms with van der Waals surface area (Å²) in [5, 5.41) is -0.646. The van der Waals surface area contributed by atoms with Crippen LogP contribution in [0.3, 0.4) is 0 Å². The second kappa shape index (κ2) is 3.20. The highest BCUT2D eigenvalue weighted by Gasteiger charge is 1.77. The fourth-order valence-corrected chi connectivity index (χ4v) is 0.379. The Labute approximate surface area is 48.8 Å². The molecule has 0 radical (unpaired) electrons. The number of carbonyl (C=O) groups is 1. The number of carbonyl (C=O) groups excluding carboxylic acids is 1. The van der Waals surface area contributed by atoms with Gasteiger partial charge in [-0.1, -0.05) is 0 Å². The molecule has 0 bridgehead atoms. The molecule has 32 valence electrons. The molecule has 0 N–H and O–H groups in total. The van der Waals surface area contributed by atoms with Crippen LogP contribution < -0.4 is 0 Å². The third kappa shape index (κ3) is 4.00. The maximum atomic E-state index is 9.61. The van der Waals surface area contributed by atoms with Gasteiger partial charge in [-0.2, -0.15) is 0 Å². The van der Waals surface area contributed by atoms with Gasteiger partial charge in [0, 0.05) is 21.9 Å². The third-order valence-electron chi connectivity index (χ3n) is 0.146. The van der Waals surface area contributed by atoms with Crippen LogP contribution in [0.5, 0.6) is 0 Å². The average Bonchev–Trinajstić information content (AvgIpc) is 1.35. The molecule has 1 nitrogen and oxygen atoms in total. The van der Waals surface area contributed by atoms with Crippen LogP contribution in [-0.2, 0) is 4.79 Å². The Morgan fingerprint density at radius 1 is 1.83 bits per heavy atom. The van der Waals surface area contributed by atoms with E-state index in [1.807, 2.05) is 5.92 Å². The van der Waals surface area contributed by atoms with Crippen molar-refractivity contribution >= 4 is 32.8 Å². The molecule has 0 saturated carbocycles. The molecular weight excluding hydrogens is 167 g/mol. The van der Waals surface area contributed by atoms with Crippen molar-refractivity contribution in [3.05, 3.63) is 0 Å². The number of halogens is 2. The van der Waals surface area contributed by atoms with Crippen LogP contribution >= 0.6 is 27.5 Å². The minimum absolute atomic E-state index is 0.646. The Morgan fingerprint density at radius 3 is 2.33 bits per heavy atom. The van der Waals surface area contributed by atoms with Crippen molar-refractivity contribution in [1.82, 2.24) is 0 Å². The zero-order valence-corrected chi connectivity index (χ0v) is 5.01. The molecule has 0 aliphatic carbocycles. The molecule has 3 heteroatoms. The van der Waals surface area contributed by atoms with Crippen molar-refractivity contribution in [2.75, 3.05) is 0 Å². The molecule has 0 rings (SSSR count). The first-order chi connectivity index (χ1) is 2.77. The molecule has 0 aromatic heterocycles. The Kier molecular flexibility index (Phi) is 3.20. The highest BCUT2D eigenvalue weighted by atomic mass is 79.9. The van der Waals surface area contributed by atoms with Crippen LogP contribution in [0, 0.1) is 10.8 Å². The molecule has 0 heterocycles. The van der Waals surface area contributed by atoms with E-state index in [0.717, 1.165) is 0 Å². The van der Waals surface area contributed by atoms with E-state index in [0.29, 0.717) is 0 Å². The van der Waals surface area contributed by atoms with E-state index in [1.54, 1.807) is 0 Å². The molecule has 0 fully saturated rings. The molecule has 0 amide bonds. The van der Waals surface area contributed by atoms with Crippen molar-refractivity contribution in [2.24, 2.45) is 0 Å². The van der Waals surface area contributed by atoms with E-state index >= 15 is 0 Å². The first-order valence-corrected chi connectivity index (χ1v) is 2.25. The largest absolute Gasteiger partial charge is 0.297 e. The highest BCUT2D eigenvalue weighted by Crippen LogP contribution is 1.75. The average molecular weight is 167 g/mol. The summed E-state index contributed by atoms with van der Waals surface area (Å²) in [4.78, 5) is 11.8. The first-order valence-electron chi connectivity index (χ1n) is 1.08. The predicted octanol–water partition coefficient (Wildman–Crippen LogP) is 1.11. The minimum atomic E-state index is -0.646.